The molecule has 0 bridgehead atoms. The van der Waals surface area contributed by atoms with E-state index in [1.165, 1.54) is 0 Å². The number of nitrogens with zero attached hydrogens (tertiary/aromatic N) is 2. The highest BCUT2D eigenvalue weighted by atomic mass is 32.2. The number of hydrogen-bond donors (Lipinski definition) is 1. The van der Waals surface area contributed by atoms with Crippen LogP contribution in [-0.4, -0.2) is 20.0 Å². The van der Waals surface area contributed by atoms with Crippen LogP contribution in [0.25, 0.3) is 0 Å². The average Bonchev–Trinajstić information content (AvgIpc) is 2.35. The van der Waals surface area contributed by atoms with E-state index in [9.17, 15) is 4.79 Å². The first-order valence-electron chi connectivity index (χ1n) is 3.09. The third kappa shape index (κ3) is 0.701. The number of H-pyrrole nitrogens is 1. The van der Waals surface area contributed by atoms with Crippen LogP contribution in [0.5, 0.6) is 0 Å². The van der Waals surface area contributed by atoms with Crippen LogP contribution in [0.1, 0.15) is 6.92 Å². The maximum absolute atomic E-state index is 10.9. The summed E-state index contributed by atoms with van der Waals surface area (Å²) in [6.07, 6.45) is 0. The van der Waals surface area contributed by atoms with Gasteiger partial charge in [-0.1, -0.05) is 18.7 Å². The Hall–Kier alpha value is -0.710. The maximum Gasteiger partial charge on any atom is 0.344 e. The number of nitrogens with one attached hydrogen (secondary N) is 1. The van der Waals surface area contributed by atoms with Crippen LogP contribution in [0.3, 0.4) is 0 Å². The van der Waals surface area contributed by atoms with Crippen molar-refractivity contribution in [2.75, 3.05) is 0 Å². The fourth-order valence-corrected chi connectivity index (χ4v) is 2.00. The van der Waals surface area contributed by atoms with Gasteiger partial charge in [-0.15, -0.1) is 5.10 Å². The lowest BCUT2D eigenvalue weighted by Gasteiger charge is -1.93. The van der Waals surface area contributed by atoms with Gasteiger partial charge in [0, 0.05) is 11.8 Å². The van der Waals surface area contributed by atoms with E-state index < -0.39 is 0 Å². The number of aromatic amines is 1. The highest BCUT2D eigenvalue weighted by Crippen LogP contribution is 2.27. The van der Waals surface area contributed by atoms with Crippen molar-refractivity contribution in [2.45, 2.75) is 23.9 Å². The van der Waals surface area contributed by atoms with Crippen molar-refractivity contribution in [1.82, 2.24) is 14.8 Å². The van der Waals surface area contributed by atoms with E-state index in [-0.39, 0.29) is 5.69 Å². The molecule has 5 heteroatoms. The maximum atomic E-state index is 10.9. The monoisotopic (exact) mass is 157 g/mol. The van der Waals surface area contributed by atoms with E-state index in [2.05, 4.69) is 17.1 Å². The highest BCUT2D eigenvalue weighted by Gasteiger charge is 2.21. The summed E-state index contributed by atoms with van der Waals surface area (Å²) in [5, 5.41) is 7.54. The van der Waals surface area contributed by atoms with Crippen LogP contribution in [-0.2, 0) is 6.54 Å². The lowest BCUT2D eigenvalue weighted by molar-refractivity contribution is 0.648. The summed E-state index contributed by atoms with van der Waals surface area (Å²) in [6.45, 7) is 2.87. The molecule has 1 aromatic rings. The Morgan fingerprint density at radius 3 is 3.40 bits per heavy atom. The Morgan fingerprint density at radius 2 is 2.70 bits per heavy atom. The summed E-state index contributed by atoms with van der Waals surface area (Å²) in [7, 11) is 0. The first-order chi connectivity index (χ1) is 4.77. The number of hydrogen-bond acceptors (Lipinski definition) is 3. The molecule has 2 rings (SSSR count). The van der Waals surface area contributed by atoms with Crippen molar-refractivity contribution in [3.05, 3.63) is 10.5 Å². The summed E-state index contributed by atoms with van der Waals surface area (Å²) < 4.78 is 1.66. The van der Waals surface area contributed by atoms with Crippen molar-refractivity contribution < 1.29 is 0 Å². The second kappa shape index (κ2) is 1.88. The predicted octanol–water partition coefficient (Wildman–Crippen LogP) is 0.0656. The molecule has 0 aromatic carbocycles. The first-order valence-corrected chi connectivity index (χ1v) is 3.97. The SMILES string of the molecule is C[C@@H]1Cn2c(n[nH]c2=O)S1. The molecule has 0 saturated carbocycles. The van der Waals surface area contributed by atoms with E-state index in [0.717, 1.165) is 11.7 Å². The Labute approximate surface area is 61.6 Å². The summed E-state index contributed by atoms with van der Waals surface area (Å²) in [5.74, 6) is 0. The molecule has 0 fully saturated rings. The molecule has 10 heavy (non-hydrogen) atoms. The number of rotatable bonds is 0. The predicted molar refractivity (Wildman–Crippen MR) is 38.2 cm³/mol. The fourth-order valence-electron chi connectivity index (χ4n) is 1.03. The zero-order valence-electron chi connectivity index (χ0n) is 5.50. The van der Waals surface area contributed by atoms with Gasteiger partial charge < -0.3 is 0 Å². The van der Waals surface area contributed by atoms with Crippen LogP contribution < -0.4 is 5.69 Å². The molecule has 1 N–H and O–H groups in total. The van der Waals surface area contributed by atoms with E-state index in [1.54, 1.807) is 16.3 Å². The minimum absolute atomic E-state index is 0.0909. The Bertz CT molecular complexity index is 302. The largest absolute Gasteiger partial charge is 0.344 e. The van der Waals surface area contributed by atoms with Crippen LogP contribution in [0.4, 0.5) is 0 Å². The standard InChI is InChI=1S/C5H7N3OS/c1-3-2-8-4(9)6-7-5(8)10-3/h3H,2H2,1H3,(H,6,9)/t3-/m1/s1. The molecule has 0 spiro atoms. The summed E-state index contributed by atoms with van der Waals surface area (Å²) in [4.78, 5) is 10.9. The minimum atomic E-state index is -0.0909. The van der Waals surface area contributed by atoms with E-state index in [4.69, 9.17) is 0 Å². The summed E-state index contributed by atoms with van der Waals surface area (Å²) in [6, 6.07) is 0. The third-order valence-electron chi connectivity index (χ3n) is 1.47. The van der Waals surface area contributed by atoms with Gasteiger partial charge in [0.05, 0.1) is 0 Å². The molecule has 4 nitrogen and oxygen atoms in total. The zero-order valence-corrected chi connectivity index (χ0v) is 6.31. The second-order valence-electron chi connectivity index (χ2n) is 2.35. The molecule has 0 saturated heterocycles. The fraction of sp³-hybridized carbons (Fsp3) is 0.600. The van der Waals surface area contributed by atoms with Crippen molar-refractivity contribution in [2.24, 2.45) is 0 Å². The van der Waals surface area contributed by atoms with Gasteiger partial charge in [0.25, 0.3) is 0 Å². The van der Waals surface area contributed by atoms with Crippen LogP contribution in [0.2, 0.25) is 0 Å². The zero-order chi connectivity index (χ0) is 7.14. The second-order valence-corrected chi connectivity index (χ2v) is 3.76. The van der Waals surface area contributed by atoms with Gasteiger partial charge in [-0.2, -0.15) is 0 Å². The molecule has 0 radical (unpaired) electrons. The number of aromatic nitrogens is 3. The van der Waals surface area contributed by atoms with Gasteiger partial charge in [-0.05, 0) is 0 Å². The van der Waals surface area contributed by atoms with E-state index in [1.807, 2.05) is 0 Å². The van der Waals surface area contributed by atoms with Crippen molar-refractivity contribution >= 4 is 11.8 Å². The topological polar surface area (TPSA) is 50.7 Å². The van der Waals surface area contributed by atoms with Gasteiger partial charge >= 0.3 is 5.69 Å². The minimum Gasteiger partial charge on any atom is -0.269 e. The van der Waals surface area contributed by atoms with Gasteiger partial charge in [-0.3, -0.25) is 4.57 Å². The smallest absolute Gasteiger partial charge is 0.269 e. The molecule has 2 heterocycles. The van der Waals surface area contributed by atoms with Gasteiger partial charge in [0.2, 0.25) is 0 Å². The number of fused-ring (bicyclic) bond motifs is 1. The van der Waals surface area contributed by atoms with E-state index in [0.29, 0.717) is 5.25 Å². The molecule has 0 unspecified atom stereocenters. The third-order valence-corrected chi connectivity index (χ3v) is 2.54. The molecule has 1 aliphatic heterocycles. The number of thioether (sulfide) groups is 1. The molecule has 0 amide bonds. The Balaban J connectivity index is 2.53. The molecule has 0 aliphatic carbocycles. The van der Waals surface area contributed by atoms with Gasteiger partial charge in [0.1, 0.15) is 0 Å². The Morgan fingerprint density at radius 1 is 1.90 bits per heavy atom. The van der Waals surface area contributed by atoms with Crippen LogP contribution >= 0.6 is 11.8 Å². The first kappa shape index (κ1) is 6.03. The average molecular weight is 157 g/mol. The van der Waals surface area contributed by atoms with Crippen molar-refractivity contribution in [3.8, 4) is 0 Å². The molecular weight excluding hydrogens is 150 g/mol. The molecule has 1 aromatic heterocycles. The molecule has 1 atom stereocenters. The quantitative estimate of drug-likeness (QED) is 0.579. The van der Waals surface area contributed by atoms with E-state index >= 15 is 0 Å². The van der Waals surface area contributed by atoms with Gasteiger partial charge in [0.15, 0.2) is 5.16 Å². The normalized spacial score (nSPS) is 23.1. The van der Waals surface area contributed by atoms with Crippen molar-refractivity contribution in [1.29, 1.82) is 0 Å². The summed E-state index contributed by atoms with van der Waals surface area (Å²) >= 11 is 1.63. The molecule has 54 valence electrons. The lowest BCUT2D eigenvalue weighted by Crippen LogP contribution is -2.17. The van der Waals surface area contributed by atoms with Crippen LogP contribution in [0.15, 0.2) is 9.95 Å². The lowest BCUT2D eigenvalue weighted by atomic mass is 10.5. The molecule has 1 aliphatic rings. The Kier molecular flexibility index (Phi) is 1.14. The highest BCUT2D eigenvalue weighted by molar-refractivity contribution is 7.99. The summed E-state index contributed by atoms with van der Waals surface area (Å²) in [5.41, 5.74) is -0.0909. The van der Waals surface area contributed by atoms with Gasteiger partial charge in [-0.25, -0.2) is 9.89 Å². The van der Waals surface area contributed by atoms with Crippen molar-refractivity contribution in [3.63, 3.8) is 0 Å². The molecular formula is C5H7N3OS. The van der Waals surface area contributed by atoms with Crippen LogP contribution in [0, 0.1) is 0 Å².